The molecule has 106 valence electrons. The highest BCUT2D eigenvalue weighted by molar-refractivity contribution is 7.88. The topological polar surface area (TPSA) is 52.6 Å². The molecule has 0 N–H and O–H groups in total. The van der Waals surface area contributed by atoms with Gasteiger partial charge < -0.3 is 4.74 Å². The van der Waals surface area contributed by atoms with Crippen LogP contribution in [0.5, 0.6) is 0 Å². The van der Waals surface area contributed by atoms with E-state index in [2.05, 4.69) is 6.58 Å². The van der Waals surface area contributed by atoms with Gasteiger partial charge in [-0.3, -0.25) is 4.18 Å². The summed E-state index contributed by atoms with van der Waals surface area (Å²) in [6.45, 7) is 6.85. The van der Waals surface area contributed by atoms with Crippen LogP contribution in [0.25, 0.3) is 0 Å². The van der Waals surface area contributed by atoms with Crippen LogP contribution >= 0.6 is 0 Å². The van der Waals surface area contributed by atoms with Gasteiger partial charge in [-0.15, -0.1) is 0 Å². The molecule has 0 heterocycles. The third kappa shape index (κ3) is 4.69. The van der Waals surface area contributed by atoms with Gasteiger partial charge in [0, 0.05) is 0 Å². The van der Waals surface area contributed by atoms with Crippen LogP contribution in [0.2, 0.25) is 0 Å². The average Bonchev–Trinajstić information content (AvgIpc) is 2.35. The molecule has 0 amide bonds. The molecule has 0 aromatic heterocycles. The molecule has 0 aliphatic carbocycles. The number of hydrogen-bond donors (Lipinski definition) is 0. The maximum atomic E-state index is 12.1. The first-order valence-corrected chi connectivity index (χ1v) is 7.45. The van der Waals surface area contributed by atoms with Crippen molar-refractivity contribution in [3.8, 4) is 0 Å². The molecule has 19 heavy (non-hydrogen) atoms. The van der Waals surface area contributed by atoms with Crippen LogP contribution in [0.15, 0.2) is 43.2 Å². The van der Waals surface area contributed by atoms with Crippen molar-refractivity contribution in [3.05, 3.63) is 48.7 Å². The lowest BCUT2D eigenvalue weighted by Gasteiger charge is -2.24. The molecule has 0 unspecified atom stereocenters. The quantitative estimate of drug-likeness (QED) is 0.418. The maximum absolute atomic E-state index is 12.1. The van der Waals surface area contributed by atoms with Crippen LogP contribution in [0.1, 0.15) is 19.4 Å². The molecule has 1 aromatic carbocycles. The smallest absolute Gasteiger partial charge is 0.273 e. The van der Waals surface area contributed by atoms with E-state index in [1.807, 2.05) is 30.3 Å². The number of benzene rings is 1. The Morgan fingerprint density at radius 3 is 2.42 bits per heavy atom. The summed E-state index contributed by atoms with van der Waals surface area (Å²) in [6.07, 6.45) is 1.66. The minimum atomic E-state index is -3.65. The van der Waals surface area contributed by atoms with Crippen molar-refractivity contribution < 1.29 is 17.3 Å². The Morgan fingerprint density at radius 1 is 1.21 bits per heavy atom. The molecule has 4 nitrogen and oxygen atoms in total. The Morgan fingerprint density at radius 2 is 1.84 bits per heavy atom. The third-order valence-electron chi connectivity index (χ3n) is 2.71. The Balaban J connectivity index is 2.66. The zero-order chi connectivity index (χ0) is 14.4. The molecule has 5 heteroatoms. The van der Waals surface area contributed by atoms with E-state index in [1.165, 1.54) is 6.26 Å². The van der Waals surface area contributed by atoms with Crippen LogP contribution in [-0.2, 0) is 25.5 Å². The molecular formula is C14H20O4S. The predicted octanol–water partition coefficient (Wildman–Crippen LogP) is 2.51. The molecular weight excluding hydrogens is 264 g/mol. The van der Waals surface area contributed by atoms with Gasteiger partial charge in [0.1, 0.15) is 13.2 Å². The van der Waals surface area contributed by atoms with E-state index in [1.54, 1.807) is 13.8 Å². The van der Waals surface area contributed by atoms with Crippen LogP contribution in [-0.4, -0.2) is 26.4 Å². The van der Waals surface area contributed by atoms with Crippen LogP contribution in [0.3, 0.4) is 0 Å². The summed E-state index contributed by atoms with van der Waals surface area (Å²) < 4.78 is 33.1. The van der Waals surface area contributed by atoms with Gasteiger partial charge in [0.25, 0.3) is 10.1 Å². The Bertz CT molecular complexity index is 491. The van der Waals surface area contributed by atoms with E-state index in [0.717, 1.165) is 5.56 Å². The van der Waals surface area contributed by atoms with Crippen molar-refractivity contribution in [2.24, 2.45) is 0 Å². The fraction of sp³-hybridized carbons (Fsp3) is 0.429. The zero-order valence-corrected chi connectivity index (χ0v) is 12.2. The van der Waals surface area contributed by atoms with Crippen molar-refractivity contribution in [2.45, 2.75) is 25.0 Å². The van der Waals surface area contributed by atoms with Gasteiger partial charge in [-0.25, -0.2) is 0 Å². The van der Waals surface area contributed by atoms with Crippen LogP contribution in [0, 0.1) is 0 Å². The first-order valence-electron chi connectivity index (χ1n) is 6.04. The second kappa shape index (κ2) is 6.73. The fourth-order valence-corrected chi connectivity index (χ4v) is 2.56. The lowest BCUT2D eigenvalue weighted by Crippen LogP contribution is -2.36. The van der Waals surface area contributed by atoms with Gasteiger partial charge in [0.15, 0.2) is 0 Å². The number of hydrogen-bond acceptors (Lipinski definition) is 4. The number of ether oxygens (including phenoxy) is 1. The molecule has 1 rings (SSSR count). The lowest BCUT2D eigenvalue weighted by molar-refractivity contribution is 0.179. The second-order valence-electron chi connectivity index (χ2n) is 4.74. The van der Waals surface area contributed by atoms with E-state index < -0.39 is 14.9 Å². The third-order valence-corrected chi connectivity index (χ3v) is 4.68. The highest BCUT2D eigenvalue weighted by Gasteiger charge is 2.35. The van der Waals surface area contributed by atoms with E-state index in [-0.39, 0.29) is 13.2 Å². The highest BCUT2D eigenvalue weighted by Crippen LogP contribution is 2.23. The summed E-state index contributed by atoms with van der Waals surface area (Å²) in [7, 11) is -3.65. The van der Waals surface area contributed by atoms with Crippen molar-refractivity contribution in [2.75, 3.05) is 13.2 Å². The Hall–Kier alpha value is -1.33. The van der Waals surface area contributed by atoms with Crippen molar-refractivity contribution >= 4 is 10.1 Å². The molecule has 0 aliphatic rings. The monoisotopic (exact) mass is 284 g/mol. The van der Waals surface area contributed by atoms with Gasteiger partial charge in [0.2, 0.25) is 0 Å². The minimum absolute atomic E-state index is 0.00737. The van der Waals surface area contributed by atoms with Gasteiger partial charge in [0.05, 0.1) is 11.0 Å². The van der Waals surface area contributed by atoms with Gasteiger partial charge in [-0.2, -0.15) is 8.42 Å². The molecule has 0 atom stereocenters. The van der Waals surface area contributed by atoms with E-state index >= 15 is 0 Å². The van der Waals surface area contributed by atoms with Crippen molar-refractivity contribution in [1.29, 1.82) is 0 Å². The normalized spacial score (nSPS) is 12.1. The van der Waals surface area contributed by atoms with Crippen molar-refractivity contribution in [3.63, 3.8) is 0 Å². The summed E-state index contributed by atoms with van der Waals surface area (Å²) in [5, 5.41) is 0. The fourth-order valence-electron chi connectivity index (χ4n) is 1.61. The highest BCUT2D eigenvalue weighted by atomic mass is 32.2. The standard InChI is InChI=1S/C14H20O4S/c1-4-17-10-11-18-19(15,16)14(2,3)12-13-8-6-5-7-9-13/h4-9H,1,10-12H2,2-3H3. The molecule has 0 fully saturated rings. The zero-order valence-electron chi connectivity index (χ0n) is 11.3. The van der Waals surface area contributed by atoms with Crippen molar-refractivity contribution in [1.82, 2.24) is 0 Å². The predicted molar refractivity (Wildman–Crippen MR) is 75.2 cm³/mol. The summed E-state index contributed by atoms with van der Waals surface area (Å²) in [6, 6.07) is 9.47. The average molecular weight is 284 g/mol. The maximum Gasteiger partial charge on any atom is 0.273 e. The van der Waals surface area contributed by atoms with Gasteiger partial charge in [-0.05, 0) is 25.8 Å². The summed E-state index contributed by atoms with van der Waals surface area (Å²) in [5.74, 6) is 0. The molecule has 0 radical (unpaired) electrons. The van der Waals surface area contributed by atoms with Crippen LogP contribution in [0.4, 0.5) is 0 Å². The van der Waals surface area contributed by atoms with E-state index in [4.69, 9.17) is 8.92 Å². The summed E-state index contributed by atoms with van der Waals surface area (Å²) in [4.78, 5) is 0. The lowest BCUT2D eigenvalue weighted by atomic mass is 10.0. The van der Waals surface area contributed by atoms with E-state index in [9.17, 15) is 8.42 Å². The Kier molecular flexibility index (Phi) is 5.57. The molecule has 0 spiro atoms. The molecule has 0 bridgehead atoms. The van der Waals surface area contributed by atoms with Crippen LogP contribution < -0.4 is 0 Å². The largest absolute Gasteiger partial charge is 0.499 e. The first kappa shape index (κ1) is 15.7. The Labute approximate surface area is 115 Å². The molecule has 0 saturated heterocycles. The van der Waals surface area contributed by atoms with E-state index in [0.29, 0.717) is 6.42 Å². The summed E-state index contributed by atoms with van der Waals surface area (Å²) in [5.41, 5.74) is 0.960. The second-order valence-corrected chi connectivity index (χ2v) is 6.98. The summed E-state index contributed by atoms with van der Waals surface area (Å²) >= 11 is 0. The molecule has 0 saturated carbocycles. The SMILES string of the molecule is C=COCCOS(=O)(=O)C(C)(C)Cc1ccccc1. The minimum Gasteiger partial charge on any atom is -0.499 e. The molecule has 1 aromatic rings. The van der Waals surface area contributed by atoms with Gasteiger partial charge >= 0.3 is 0 Å². The molecule has 0 aliphatic heterocycles. The first-order chi connectivity index (χ1) is 8.89. The van der Waals surface area contributed by atoms with Gasteiger partial charge in [-0.1, -0.05) is 36.9 Å². The number of rotatable bonds is 8.